The van der Waals surface area contributed by atoms with Crippen LogP contribution in [0.2, 0.25) is 0 Å². The minimum atomic E-state index is -0.225. The summed E-state index contributed by atoms with van der Waals surface area (Å²) in [7, 11) is 0. The Hall–Kier alpha value is -1.69. The molecule has 78 valence electrons. The van der Waals surface area contributed by atoms with Gasteiger partial charge in [-0.15, -0.1) is 0 Å². The summed E-state index contributed by atoms with van der Waals surface area (Å²) < 4.78 is 1.69. The van der Waals surface area contributed by atoms with Crippen LogP contribution in [-0.4, -0.2) is 43.9 Å². The molecule has 0 atom stereocenters. The molecule has 1 aliphatic heterocycles. The van der Waals surface area contributed by atoms with E-state index >= 15 is 0 Å². The molecule has 1 aliphatic rings. The Bertz CT molecular complexity index is 502. The van der Waals surface area contributed by atoms with Crippen LogP contribution in [0, 0.1) is 6.92 Å². The molecule has 0 amide bonds. The summed E-state index contributed by atoms with van der Waals surface area (Å²) in [5, 5.41) is 13.4. The average Bonchev–Trinajstić information content (AvgIpc) is 2.59. The number of rotatable bonds is 1. The van der Waals surface area contributed by atoms with Gasteiger partial charge in [-0.1, -0.05) is 0 Å². The van der Waals surface area contributed by atoms with Crippen LogP contribution < -0.4 is 4.90 Å². The first-order valence-electron chi connectivity index (χ1n) is 4.84. The average molecular weight is 205 g/mol. The van der Waals surface area contributed by atoms with E-state index < -0.39 is 0 Å². The van der Waals surface area contributed by atoms with Gasteiger partial charge in [0, 0.05) is 24.8 Å². The fraction of sp³-hybridized carbons (Fsp3) is 0.444. The van der Waals surface area contributed by atoms with Crippen molar-refractivity contribution >= 4 is 11.6 Å². The minimum Gasteiger partial charge on any atom is -0.389 e. The van der Waals surface area contributed by atoms with Crippen LogP contribution in [0.5, 0.6) is 0 Å². The summed E-state index contributed by atoms with van der Waals surface area (Å²) in [5.74, 6) is 1.55. The second-order valence-electron chi connectivity index (χ2n) is 3.79. The van der Waals surface area contributed by atoms with Gasteiger partial charge in [0.05, 0.1) is 6.10 Å². The second kappa shape index (κ2) is 2.90. The number of nitrogens with zero attached hydrogens (tertiary/aromatic N) is 5. The van der Waals surface area contributed by atoms with E-state index in [0.717, 1.165) is 11.5 Å². The molecule has 6 heteroatoms. The molecule has 15 heavy (non-hydrogen) atoms. The molecule has 6 nitrogen and oxygen atoms in total. The van der Waals surface area contributed by atoms with Gasteiger partial charge in [-0.3, -0.25) is 0 Å². The SMILES string of the molecule is Cc1cc(N2CC(O)C2)n2ncnc2n1. The van der Waals surface area contributed by atoms with E-state index in [1.54, 1.807) is 4.52 Å². The highest BCUT2D eigenvalue weighted by atomic mass is 16.3. The Morgan fingerprint density at radius 2 is 2.27 bits per heavy atom. The number of fused-ring (bicyclic) bond motifs is 1. The molecule has 0 bridgehead atoms. The lowest BCUT2D eigenvalue weighted by molar-refractivity contribution is 0.141. The summed E-state index contributed by atoms with van der Waals surface area (Å²) in [6.07, 6.45) is 1.26. The Kier molecular flexibility index (Phi) is 1.66. The fourth-order valence-electron chi connectivity index (χ4n) is 1.78. The lowest BCUT2D eigenvalue weighted by atomic mass is 10.2. The van der Waals surface area contributed by atoms with Gasteiger partial charge in [0.25, 0.3) is 5.78 Å². The Balaban J connectivity index is 2.12. The maximum Gasteiger partial charge on any atom is 0.254 e. The molecule has 0 radical (unpaired) electrons. The number of hydrogen-bond acceptors (Lipinski definition) is 5. The van der Waals surface area contributed by atoms with Gasteiger partial charge < -0.3 is 10.0 Å². The highest BCUT2D eigenvalue weighted by Crippen LogP contribution is 2.21. The third-order valence-electron chi connectivity index (χ3n) is 2.55. The van der Waals surface area contributed by atoms with Crippen LogP contribution >= 0.6 is 0 Å². The molecule has 1 fully saturated rings. The first kappa shape index (κ1) is 8.60. The van der Waals surface area contributed by atoms with E-state index in [4.69, 9.17) is 0 Å². The van der Waals surface area contributed by atoms with Crippen molar-refractivity contribution in [3.63, 3.8) is 0 Å². The van der Waals surface area contributed by atoms with Gasteiger partial charge in [-0.05, 0) is 6.92 Å². The number of aliphatic hydroxyl groups is 1. The minimum absolute atomic E-state index is 0.225. The molecule has 0 unspecified atom stereocenters. The van der Waals surface area contributed by atoms with Crippen molar-refractivity contribution in [2.45, 2.75) is 13.0 Å². The molecule has 1 N–H and O–H groups in total. The van der Waals surface area contributed by atoms with Crippen molar-refractivity contribution in [3.05, 3.63) is 18.1 Å². The van der Waals surface area contributed by atoms with E-state index in [-0.39, 0.29) is 6.10 Å². The largest absolute Gasteiger partial charge is 0.389 e. The van der Waals surface area contributed by atoms with Crippen LogP contribution in [0.15, 0.2) is 12.4 Å². The monoisotopic (exact) mass is 205 g/mol. The summed E-state index contributed by atoms with van der Waals surface area (Å²) in [5.41, 5.74) is 0.909. The normalized spacial score (nSPS) is 17.1. The van der Waals surface area contributed by atoms with Gasteiger partial charge in [-0.2, -0.15) is 14.6 Å². The molecule has 3 heterocycles. The Morgan fingerprint density at radius 1 is 1.47 bits per heavy atom. The predicted octanol–water partition coefficient (Wildman–Crippen LogP) is -0.386. The number of aromatic nitrogens is 4. The number of aliphatic hydroxyl groups excluding tert-OH is 1. The Morgan fingerprint density at radius 3 is 3.00 bits per heavy atom. The summed E-state index contributed by atoms with van der Waals surface area (Å²) in [6, 6.07) is 1.95. The topological polar surface area (TPSA) is 66.5 Å². The third kappa shape index (κ3) is 1.25. The summed E-state index contributed by atoms with van der Waals surface area (Å²) in [6.45, 7) is 3.23. The Labute approximate surface area is 86.2 Å². The van der Waals surface area contributed by atoms with Crippen molar-refractivity contribution in [3.8, 4) is 0 Å². The molecule has 2 aromatic rings. The lowest BCUT2D eigenvalue weighted by Gasteiger charge is -2.37. The van der Waals surface area contributed by atoms with Crippen molar-refractivity contribution in [2.75, 3.05) is 18.0 Å². The standard InChI is InChI=1S/C9H11N5O/c1-6-2-8(13-3-7(15)4-13)14-9(12-6)10-5-11-14/h2,5,7,15H,3-4H2,1H3. The highest BCUT2D eigenvalue weighted by Gasteiger charge is 2.26. The molecule has 3 rings (SSSR count). The first-order valence-corrected chi connectivity index (χ1v) is 4.84. The number of anilines is 1. The van der Waals surface area contributed by atoms with E-state index in [0.29, 0.717) is 18.9 Å². The first-order chi connectivity index (χ1) is 7.24. The molecular formula is C9H11N5O. The zero-order valence-electron chi connectivity index (χ0n) is 8.33. The zero-order valence-corrected chi connectivity index (χ0v) is 8.33. The number of hydrogen-bond donors (Lipinski definition) is 1. The van der Waals surface area contributed by atoms with E-state index in [2.05, 4.69) is 20.0 Å². The van der Waals surface area contributed by atoms with Gasteiger partial charge in [-0.25, -0.2) is 4.98 Å². The van der Waals surface area contributed by atoms with Crippen molar-refractivity contribution in [1.82, 2.24) is 19.6 Å². The zero-order chi connectivity index (χ0) is 10.4. The van der Waals surface area contributed by atoms with Crippen LogP contribution in [0.4, 0.5) is 5.82 Å². The van der Waals surface area contributed by atoms with Crippen molar-refractivity contribution in [1.29, 1.82) is 0 Å². The second-order valence-corrected chi connectivity index (χ2v) is 3.79. The van der Waals surface area contributed by atoms with Gasteiger partial charge in [0.15, 0.2) is 0 Å². The molecule has 0 aromatic carbocycles. The smallest absolute Gasteiger partial charge is 0.254 e. The maximum absolute atomic E-state index is 9.27. The van der Waals surface area contributed by atoms with Crippen LogP contribution in [0.1, 0.15) is 5.69 Å². The van der Waals surface area contributed by atoms with Crippen LogP contribution in [0.25, 0.3) is 5.78 Å². The quantitative estimate of drug-likeness (QED) is 0.687. The molecular weight excluding hydrogens is 194 g/mol. The number of β-amino-alcohol motifs (C(OH)–C–C–N with tert-alkyl or cyclic N) is 1. The lowest BCUT2D eigenvalue weighted by Crippen LogP contribution is -2.51. The van der Waals surface area contributed by atoms with Crippen LogP contribution in [-0.2, 0) is 0 Å². The van der Waals surface area contributed by atoms with E-state index in [1.165, 1.54) is 6.33 Å². The fourth-order valence-corrected chi connectivity index (χ4v) is 1.78. The summed E-state index contributed by atoms with van der Waals surface area (Å²) >= 11 is 0. The number of aryl methyl sites for hydroxylation is 1. The molecule has 1 saturated heterocycles. The highest BCUT2D eigenvalue weighted by molar-refractivity contribution is 5.49. The molecule has 2 aromatic heterocycles. The van der Waals surface area contributed by atoms with Crippen molar-refractivity contribution < 1.29 is 5.11 Å². The van der Waals surface area contributed by atoms with E-state index in [1.807, 2.05) is 13.0 Å². The van der Waals surface area contributed by atoms with Gasteiger partial charge in [0.2, 0.25) is 0 Å². The molecule has 0 spiro atoms. The van der Waals surface area contributed by atoms with E-state index in [9.17, 15) is 5.11 Å². The molecule has 0 saturated carbocycles. The van der Waals surface area contributed by atoms with Gasteiger partial charge >= 0.3 is 0 Å². The third-order valence-corrected chi connectivity index (χ3v) is 2.55. The van der Waals surface area contributed by atoms with Gasteiger partial charge in [0.1, 0.15) is 12.1 Å². The summed E-state index contributed by atoms with van der Waals surface area (Å²) in [4.78, 5) is 10.4. The van der Waals surface area contributed by atoms with Crippen LogP contribution in [0.3, 0.4) is 0 Å². The maximum atomic E-state index is 9.27. The van der Waals surface area contributed by atoms with Crippen molar-refractivity contribution in [2.24, 2.45) is 0 Å². The predicted molar refractivity (Wildman–Crippen MR) is 53.7 cm³/mol. The molecule has 0 aliphatic carbocycles.